The van der Waals surface area contributed by atoms with E-state index >= 15 is 0 Å². The number of benzene rings is 1. The van der Waals surface area contributed by atoms with E-state index in [0.29, 0.717) is 31.1 Å². The Hall–Kier alpha value is -2.71. The molecule has 0 aliphatic carbocycles. The summed E-state index contributed by atoms with van der Waals surface area (Å²) in [5, 5.41) is 9.78. The number of hydrogen-bond donors (Lipinski definition) is 2. The fourth-order valence-electron chi connectivity index (χ4n) is 2.68. The van der Waals surface area contributed by atoms with Gasteiger partial charge in [-0.2, -0.15) is 5.10 Å². The number of aromatic nitrogens is 2. The summed E-state index contributed by atoms with van der Waals surface area (Å²) in [6, 6.07) is 8.43. The van der Waals surface area contributed by atoms with E-state index in [9.17, 15) is 9.59 Å². The fourth-order valence-corrected chi connectivity index (χ4v) is 2.68. The summed E-state index contributed by atoms with van der Waals surface area (Å²) in [5.41, 5.74) is 1.36. The van der Waals surface area contributed by atoms with Gasteiger partial charge in [0, 0.05) is 36.9 Å². The van der Waals surface area contributed by atoms with Crippen LogP contribution in [0.5, 0.6) is 0 Å². The summed E-state index contributed by atoms with van der Waals surface area (Å²) in [7, 11) is 0. The van der Waals surface area contributed by atoms with Crippen molar-refractivity contribution in [1.82, 2.24) is 14.7 Å². The Kier molecular flexibility index (Phi) is 5.98. The summed E-state index contributed by atoms with van der Waals surface area (Å²) in [5.74, 6) is -0.214. The molecule has 3 rings (SSSR count). The molecule has 138 valence electrons. The van der Waals surface area contributed by atoms with E-state index in [0.717, 1.165) is 13.1 Å². The van der Waals surface area contributed by atoms with Gasteiger partial charge in [-0.1, -0.05) is 0 Å². The van der Waals surface area contributed by atoms with E-state index in [1.54, 1.807) is 54.3 Å². The van der Waals surface area contributed by atoms with E-state index in [1.807, 2.05) is 0 Å². The van der Waals surface area contributed by atoms with Crippen LogP contribution in [0.3, 0.4) is 0 Å². The molecule has 1 fully saturated rings. The van der Waals surface area contributed by atoms with Crippen molar-refractivity contribution in [2.24, 2.45) is 0 Å². The minimum atomic E-state index is -0.405. The molecule has 0 bridgehead atoms. The van der Waals surface area contributed by atoms with Gasteiger partial charge in [0.15, 0.2) is 0 Å². The van der Waals surface area contributed by atoms with Crippen LogP contribution in [0, 0.1) is 0 Å². The van der Waals surface area contributed by atoms with Crippen molar-refractivity contribution in [2.75, 3.05) is 43.5 Å². The first kappa shape index (κ1) is 18.1. The first-order valence-electron chi connectivity index (χ1n) is 8.62. The highest BCUT2D eigenvalue weighted by Crippen LogP contribution is 2.15. The van der Waals surface area contributed by atoms with Crippen LogP contribution in [-0.4, -0.2) is 59.3 Å². The molecule has 1 saturated heterocycles. The Morgan fingerprint density at radius 3 is 2.42 bits per heavy atom. The molecule has 0 radical (unpaired) electrons. The largest absolute Gasteiger partial charge is 0.379 e. The van der Waals surface area contributed by atoms with Crippen molar-refractivity contribution in [3.8, 4) is 0 Å². The van der Waals surface area contributed by atoms with Crippen molar-refractivity contribution in [3.63, 3.8) is 0 Å². The van der Waals surface area contributed by atoms with Crippen LogP contribution in [0.4, 0.5) is 11.4 Å². The molecule has 1 aromatic heterocycles. The van der Waals surface area contributed by atoms with Crippen LogP contribution < -0.4 is 10.6 Å². The number of amides is 2. The number of carbonyl (C=O) groups is 2. The standard InChI is InChI=1S/C18H23N5O3/c1-14(23-8-2-7-19-23)18(25)21-16-5-3-15(4-6-16)20-17(24)13-22-9-11-26-12-10-22/h2-8,14H,9-13H2,1H3,(H,20,24)(H,21,25). The topological polar surface area (TPSA) is 88.5 Å². The maximum atomic E-state index is 12.2. The van der Waals surface area contributed by atoms with Crippen molar-refractivity contribution in [3.05, 3.63) is 42.7 Å². The Labute approximate surface area is 152 Å². The van der Waals surface area contributed by atoms with Gasteiger partial charge in [0.05, 0.1) is 19.8 Å². The maximum absolute atomic E-state index is 12.2. The minimum Gasteiger partial charge on any atom is -0.379 e. The first-order chi connectivity index (χ1) is 12.6. The van der Waals surface area contributed by atoms with Gasteiger partial charge in [0.25, 0.3) is 0 Å². The van der Waals surface area contributed by atoms with Crippen molar-refractivity contribution in [2.45, 2.75) is 13.0 Å². The third-order valence-electron chi connectivity index (χ3n) is 4.21. The molecule has 2 aromatic rings. The average Bonchev–Trinajstić information content (AvgIpc) is 3.18. The van der Waals surface area contributed by atoms with Gasteiger partial charge in [-0.25, -0.2) is 0 Å². The molecular weight excluding hydrogens is 334 g/mol. The van der Waals surface area contributed by atoms with Crippen molar-refractivity contribution < 1.29 is 14.3 Å². The smallest absolute Gasteiger partial charge is 0.248 e. The number of nitrogens with zero attached hydrogens (tertiary/aromatic N) is 3. The van der Waals surface area contributed by atoms with Crippen molar-refractivity contribution >= 4 is 23.2 Å². The van der Waals surface area contributed by atoms with Gasteiger partial charge in [-0.05, 0) is 37.3 Å². The highest BCUT2D eigenvalue weighted by Gasteiger charge is 2.16. The van der Waals surface area contributed by atoms with Gasteiger partial charge < -0.3 is 15.4 Å². The summed E-state index contributed by atoms with van der Waals surface area (Å²) in [4.78, 5) is 26.4. The lowest BCUT2D eigenvalue weighted by Crippen LogP contribution is -2.41. The third kappa shape index (κ3) is 4.90. The van der Waals surface area contributed by atoms with Gasteiger partial charge >= 0.3 is 0 Å². The van der Waals surface area contributed by atoms with Crippen molar-refractivity contribution in [1.29, 1.82) is 0 Å². The second-order valence-corrected chi connectivity index (χ2v) is 6.17. The molecule has 8 nitrogen and oxygen atoms in total. The number of rotatable bonds is 6. The van der Waals surface area contributed by atoms with Gasteiger partial charge in [-0.15, -0.1) is 0 Å². The highest BCUT2D eigenvalue weighted by molar-refractivity contribution is 5.95. The predicted octanol–water partition coefficient (Wildman–Crippen LogP) is 1.35. The van der Waals surface area contributed by atoms with Gasteiger partial charge in [0.1, 0.15) is 6.04 Å². The summed E-state index contributed by atoms with van der Waals surface area (Å²) >= 11 is 0. The number of carbonyl (C=O) groups excluding carboxylic acids is 2. The SMILES string of the molecule is CC(C(=O)Nc1ccc(NC(=O)CN2CCOCC2)cc1)n1cccn1. The Morgan fingerprint density at radius 2 is 1.81 bits per heavy atom. The Morgan fingerprint density at radius 1 is 1.15 bits per heavy atom. The zero-order chi connectivity index (χ0) is 18.4. The molecule has 2 amide bonds. The van der Waals surface area contributed by atoms with E-state index in [4.69, 9.17) is 4.74 Å². The zero-order valence-electron chi connectivity index (χ0n) is 14.7. The van der Waals surface area contributed by atoms with Gasteiger partial charge in [-0.3, -0.25) is 19.2 Å². The molecule has 26 heavy (non-hydrogen) atoms. The second-order valence-electron chi connectivity index (χ2n) is 6.17. The van der Waals surface area contributed by atoms with Gasteiger partial charge in [0.2, 0.25) is 11.8 Å². The molecule has 0 saturated carbocycles. The van der Waals surface area contributed by atoms with Crippen LogP contribution in [0.15, 0.2) is 42.7 Å². The molecule has 1 aliphatic rings. The molecule has 2 heterocycles. The number of anilines is 2. The predicted molar refractivity (Wildman–Crippen MR) is 97.9 cm³/mol. The number of nitrogens with one attached hydrogen (secondary N) is 2. The van der Waals surface area contributed by atoms with E-state index in [-0.39, 0.29) is 11.8 Å². The van der Waals surface area contributed by atoms with E-state index in [2.05, 4.69) is 20.6 Å². The quantitative estimate of drug-likeness (QED) is 0.815. The fraction of sp³-hybridized carbons (Fsp3) is 0.389. The van der Waals surface area contributed by atoms with E-state index in [1.165, 1.54) is 0 Å². The first-order valence-corrected chi connectivity index (χ1v) is 8.62. The number of hydrogen-bond acceptors (Lipinski definition) is 5. The van der Waals surface area contributed by atoms with Crippen LogP contribution in [-0.2, 0) is 14.3 Å². The monoisotopic (exact) mass is 357 g/mol. The summed E-state index contributed by atoms with van der Waals surface area (Å²) < 4.78 is 6.86. The lowest BCUT2D eigenvalue weighted by Gasteiger charge is -2.25. The van der Waals surface area contributed by atoms with Crippen LogP contribution in [0.25, 0.3) is 0 Å². The lowest BCUT2D eigenvalue weighted by atomic mass is 10.2. The number of ether oxygens (including phenoxy) is 1. The minimum absolute atomic E-state index is 0.0593. The molecule has 1 atom stereocenters. The van der Waals surface area contributed by atoms with Crippen LogP contribution in [0.2, 0.25) is 0 Å². The normalized spacial score (nSPS) is 16.0. The Balaban J connectivity index is 1.49. The van der Waals surface area contributed by atoms with E-state index < -0.39 is 6.04 Å². The highest BCUT2D eigenvalue weighted by atomic mass is 16.5. The molecule has 1 aliphatic heterocycles. The molecule has 8 heteroatoms. The molecule has 0 spiro atoms. The maximum Gasteiger partial charge on any atom is 0.248 e. The Bertz CT molecular complexity index is 724. The lowest BCUT2D eigenvalue weighted by molar-refractivity contribution is -0.119. The molecule has 1 aromatic carbocycles. The summed E-state index contributed by atoms with van der Waals surface area (Å²) in [6.45, 7) is 5.00. The average molecular weight is 357 g/mol. The van der Waals surface area contributed by atoms with Crippen LogP contribution in [0.1, 0.15) is 13.0 Å². The molecular formula is C18H23N5O3. The summed E-state index contributed by atoms with van der Waals surface area (Å²) in [6.07, 6.45) is 3.38. The zero-order valence-corrected chi connectivity index (χ0v) is 14.7. The number of morpholine rings is 1. The van der Waals surface area contributed by atoms with Crippen LogP contribution >= 0.6 is 0 Å². The second kappa shape index (κ2) is 8.59. The molecule has 2 N–H and O–H groups in total. The third-order valence-corrected chi connectivity index (χ3v) is 4.21. The molecule has 1 unspecified atom stereocenters.